The third-order valence-corrected chi connectivity index (χ3v) is 7.01. The summed E-state index contributed by atoms with van der Waals surface area (Å²) in [5.41, 5.74) is 0. The monoisotopic (exact) mass is 550 g/mol. The van der Waals surface area contributed by atoms with Gasteiger partial charge < -0.3 is 15.5 Å². The van der Waals surface area contributed by atoms with Crippen LogP contribution in [0.15, 0.2) is 29.4 Å². The molecule has 0 aromatic carbocycles. The van der Waals surface area contributed by atoms with Crippen LogP contribution in [0.5, 0.6) is 0 Å². The Balaban J connectivity index is 0.00000320. The molecule has 0 atom stereocenters. The second-order valence-electron chi connectivity index (χ2n) is 7.92. The summed E-state index contributed by atoms with van der Waals surface area (Å²) in [7, 11) is -3.07. The number of nitrogens with one attached hydrogen (secondary N) is 2. The molecule has 1 aromatic rings. The van der Waals surface area contributed by atoms with Crippen molar-refractivity contribution in [1.82, 2.24) is 19.9 Å². The molecule has 170 valence electrons. The molecular formula is C20H35IN6O2S. The van der Waals surface area contributed by atoms with Crippen molar-refractivity contribution in [3.05, 3.63) is 24.4 Å². The molecule has 0 radical (unpaired) electrons. The van der Waals surface area contributed by atoms with Crippen molar-refractivity contribution in [3.63, 3.8) is 0 Å². The van der Waals surface area contributed by atoms with E-state index in [4.69, 9.17) is 4.99 Å². The smallest absolute Gasteiger partial charge is 0.211 e. The van der Waals surface area contributed by atoms with Crippen molar-refractivity contribution in [3.8, 4) is 0 Å². The van der Waals surface area contributed by atoms with Crippen LogP contribution < -0.4 is 15.5 Å². The van der Waals surface area contributed by atoms with Crippen molar-refractivity contribution in [2.45, 2.75) is 38.6 Å². The standard InChI is InChI=1S/C20H34N6O2S.HI/c1-3-21-20(23-16-17-7-14-26(15-8-17)29(2,27)28)24-18-9-12-25(13-10-18)19-6-4-5-11-22-19;/h4-6,11,17-18H,3,7-10,12-16H2,1-2H3,(H2,21,23,24);1H. The number of nitrogens with zero attached hydrogens (tertiary/aromatic N) is 4. The molecule has 30 heavy (non-hydrogen) atoms. The van der Waals surface area contributed by atoms with Crippen LogP contribution in [-0.2, 0) is 10.0 Å². The Kier molecular flexibility index (Phi) is 10.1. The van der Waals surface area contributed by atoms with E-state index < -0.39 is 10.0 Å². The number of guanidine groups is 1. The van der Waals surface area contributed by atoms with Crippen molar-refractivity contribution >= 4 is 45.8 Å². The first-order valence-electron chi connectivity index (χ1n) is 10.6. The van der Waals surface area contributed by atoms with E-state index in [0.29, 0.717) is 25.0 Å². The molecule has 2 aliphatic heterocycles. The lowest BCUT2D eigenvalue weighted by Crippen LogP contribution is -2.49. The molecule has 0 bridgehead atoms. The van der Waals surface area contributed by atoms with Crippen molar-refractivity contribution in [2.75, 3.05) is 50.4 Å². The second-order valence-corrected chi connectivity index (χ2v) is 9.90. The van der Waals surface area contributed by atoms with Gasteiger partial charge in [0.1, 0.15) is 5.82 Å². The fourth-order valence-corrected chi connectivity index (χ4v) is 4.83. The Morgan fingerprint density at radius 3 is 2.43 bits per heavy atom. The van der Waals surface area contributed by atoms with E-state index in [1.54, 1.807) is 4.31 Å². The van der Waals surface area contributed by atoms with E-state index in [1.807, 2.05) is 18.3 Å². The van der Waals surface area contributed by atoms with E-state index in [9.17, 15) is 8.42 Å². The maximum absolute atomic E-state index is 11.7. The number of aromatic nitrogens is 1. The van der Waals surface area contributed by atoms with Gasteiger partial charge in [0, 0.05) is 51.5 Å². The Morgan fingerprint density at radius 2 is 1.87 bits per heavy atom. The predicted molar refractivity (Wildman–Crippen MR) is 133 cm³/mol. The van der Waals surface area contributed by atoms with Gasteiger partial charge in [0.15, 0.2) is 5.96 Å². The maximum Gasteiger partial charge on any atom is 0.211 e. The van der Waals surface area contributed by atoms with E-state index >= 15 is 0 Å². The zero-order valence-corrected chi connectivity index (χ0v) is 21.1. The third kappa shape index (κ3) is 7.52. The highest BCUT2D eigenvalue weighted by atomic mass is 127. The Hall–Kier alpha value is -1.14. The van der Waals surface area contributed by atoms with Crippen LogP contribution in [0.4, 0.5) is 5.82 Å². The molecule has 8 nitrogen and oxygen atoms in total. The first kappa shape index (κ1) is 25.1. The molecule has 1 aromatic heterocycles. The lowest BCUT2D eigenvalue weighted by molar-refractivity contribution is 0.280. The summed E-state index contributed by atoms with van der Waals surface area (Å²) in [6.07, 6.45) is 6.98. The van der Waals surface area contributed by atoms with Gasteiger partial charge in [0.05, 0.1) is 6.26 Å². The molecule has 0 amide bonds. The summed E-state index contributed by atoms with van der Waals surface area (Å²) in [4.78, 5) is 11.6. The van der Waals surface area contributed by atoms with Crippen molar-refractivity contribution in [1.29, 1.82) is 0 Å². The minimum absolute atomic E-state index is 0. The number of hydrogen-bond donors (Lipinski definition) is 2. The lowest BCUT2D eigenvalue weighted by Gasteiger charge is -2.34. The SMILES string of the molecule is CCNC(=NCC1CCN(S(C)(=O)=O)CC1)NC1CCN(c2ccccn2)CC1.I. The van der Waals surface area contributed by atoms with Gasteiger partial charge in [0.2, 0.25) is 10.0 Å². The molecule has 10 heteroatoms. The molecule has 2 N–H and O–H groups in total. The van der Waals surface area contributed by atoms with Crippen molar-refractivity contribution in [2.24, 2.45) is 10.9 Å². The average molecular weight is 551 g/mol. The van der Waals surface area contributed by atoms with E-state index in [1.165, 1.54) is 6.26 Å². The summed E-state index contributed by atoms with van der Waals surface area (Å²) in [6.45, 7) is 6.82. The van der Waals surface area contributed by atoms with Crippen LogP contribution >= 0.6 is 24.0 Å². The molecular weight excluding hydrogens is 515 g/mol. The number of sulfonamides is 1. The molecule has 3 heterocycles. The number of rotatable bonds is 6. The number of halogens is 1. The fraction of sp³-hybridized carbons (Fsp3) is 0.700. The van der Waals surface area contributed by atoms with E-state index in [2.05, 4.69) is 33.5 Å². The lowest BCUT2D eigenvalue weighted by atomic mass is 9.98. The summed E-state index contributed by atoms with van der Waals surface area (Å²) in [6, 6.07) is 6.44. The molecule has 0 saturated carbocycles. The third-order valence-electron chi connectivity index (χ3n) is 5.70. The van der Waals surface area contributed by atoms with Gasteiger partial charge in [-0.3, -0.25) is 4.99 Å². The molecule has 2 saturated heterocycles. The highest BCUT2D eigenvalue weighted by molar-refractivity contribution is 14.0. The summed E-state index contributed by atoms with van der Waals surface area (Å²) in [5, 5.41) is 6.94. The normalized spacial score (nSPS) is 19.9. The average Bonchev–Trinajstić information content (AvgIpc) is 2.73. The number of anilines is 1. The zero-order chi connectivity index (χ0) is 20.7. The van der Waals surface area contributed by atoms with Gasteiger partial charge >= 0.3 is 0 Å². The van der Waals surface area contributed by atoms with Gasteiger partial charge in [-0.15, -0.1) is 24.0 Å². The Labute approximate surface area is 198 Å². The number of aliphatic imine (C=N–C) groups is 1. The van der Waals surface area contributed by atoms with Crippen LogP contribution in [0.3, 0.4) is 0 Å². The topological polar surface area (TPSA) is 89.9 Å². The minimum Gasteiger partial charge on any atom is -0.357 e. The number of pyridine rings is 1. The summed E-state index contributed by atoms with van der Waals surface area (Å²) in [5.74, 6) is 2.36. The fourth-order valence-electron chi connectivity index (χ4n) is 3.95. The second kappa shape index (κ2) is 12.0. The van der Waals surface area contributed by atoms with Gasteiger partial charge in [-0.1, -0.05) is 6.07 Å². The summed E-state index contributed by atoms with van der Waals surface area (Å²) < 4.78 is 24.9. The zero-order valence-electron chi connectivity index (χ0n) is 18.0. The molecule has 3 rings (SSSR count). The first-order valence-corrected chi connectivity index (χ1v) is 12.5. The first-order chi connectivity index (χ1) is 14.0. The number of hydrogen-bond acceptors (Lipinski definition) is 5. The van der Waals surface area contributed by atoms with Gasteiger partial charge in [-0.2, -0.15) is 0 Å². The van der Waals surface area contributed by atoms with Crippen LogP contribution in [0.1, 0.15) is 32.6 Å². The van der Waals surface area contributed by atoms with E-state index in [0.717, 1.165) is 63.6 Å². The van der Waals surface area contributed by atoms with E-state index in [-0.39, 0.29) is 24.0 Å². The quantitative estimate of drug-likeness (QED) is 0.320. The maximum atomic E-state index is 11.7. The Bertz CT molecular complexity index is 761. The highest BCUT2D eigenvalue weighted by Gasteiger charge is 2.25. The van der Waals surface area contributed by atoms with Gasteiger partial charge in [-0.25, -0.2) is 17.7 Å². The molecule has 2 aliphatic rings. The molecule has 2 fully saturated rings. The van der Waals surface area contributed by atoms with Crippen LogP contribution in [0, 0.1) is 5.92 Å². The molecule has 0 unspecified atom stereocenters. The van der Waals surface area contributed by atoms with Crippen LogP contribution in [-0.4, -0.2) is 75.2 Å². The summed E-state index contributed by atoms with van der Waals surface area (Å²) >= 11 is 0. The van der Waals surface area contributed by atoms with Crippen molar-refractivity contribution < 1.29 is 8.42 Å². The highest BCUT2D eigenvalue weighted by Crippen LogP contribution is 2.20. The predicted octanol–water partition coefficient (Wildman–Crippen LogP) is 1.90. The molecule has 0 aliphatic carbocycles. The largest absolute Gasteiger partial charge is 0.357 e. The van der Waals surface area contributed by atoms with Gasteiger partial charge in [-0.05, 0) is 50.7 Å². The minimum atomic E-state index is -3.07. The number of piperidine rings is 2. The van der Waals surface area contributed by atoms with Crippen LogP contribution in [0.25, 0.3) is 0 Å². The Morgan fingerprint density at radius 1 is 1.17 bits per heavy atom. The van der Waals surface area contributed by atoms with Gasteiger partial charge in [0.25, 0.3) is 0 Å². The van der Waals surface area contributed by atoms with Crippen LogP contribution in [0.2, 0.25) is 0 Å². The molecule has 0 spiro atoms.